The third-order valence-corrected chi connectivity index (χ3v) is 4.88. The summed E-state index contributed by atoms with van der Waals surface area (Å²) in [6.07, 6.45) is 5.23. The maximum absolute atomic E-state index is 5.69. The van der Waals surface area contributed by atoms with Gasteiger partial charge < -0.3 is 24.8 Å². The summed E-state index contributed by atoms with van der Waals surface area (Å²) < 4.78 is 16.4. The van der Waals surface area contributed by atoms with Crippen molar-refractivity contribution in [1.82, 2.24) is 15.6 Å². The van der Waals surface area contributed by atoms with E-state index in [0.29, 0.717) is 12.4 Å². The van der Waals surface area contributed by atoms with E-state index < -0.39 is 0 Å². The van der Waals surface area contributed by atoms with E-state index in [1.54, 1.807) is 14.2 Å². The molecule has 0 amide bonds. The molecule has 1 fully saturated rings. The molecule has 1 aromatic heterocycles. The Morgan fingerprint density at radius 3 is 2.53 bits per heavy atom. The summed E-state index contributed by atoms with van der Waals surface area (Å²) in [5, 5.41) is 6.66. The lowest BCUT2D eigenvalue weighted by atomic mass is 10.1. The standard InChI is InChI=1S/C23H32N4O3/c1-4-24-23(25-12-11-17-7-9-20(28-2)21(13-17)29-3)27-15-19-8-10-22(26-14-19)30-16-18-5-6-18/h7-10,13-14,18H,4-6,11-12,15-16H2,1-3H3,(H2,24,25,27). The van der Waals surface area contributed by atoms with Gasteiger partial charge >= 0.3 is 0 Å². The van der Waals surface area contributed by atoms with E-state index in [0.717, 1.165) is 55.1 Å². The van der Waals surface area contributed by atoms with Gasteiger partial charge in [0.1, 0.15) is 0 Å². The molecule has 3 rings (SSSR count). The third-order valence-electron chi connectivity index (χ3n) is 4.88. The van der Waals surface area contributed by atoms with Crippen LogP contribution in [0.2, 0.25) is 0 Å². The van der Waals surface area contributed by atoms with Gasteiger partial charge in [-0.25, -0.2) is 9.98 Å². The van der Waals surface area contributed by atoms with Gasteiger partial charge in [-0.3, -0.25) is 0 Å². The first-order valence-corrected chi connectivity index (χ1v) is 10.5. The number of nitrogens with one attached hydrogen (secondary N) is 2. The highest BCUT2D eigenvalue weighted by molar-refractivity contribution is 5.79. The molecule has 7 nitrogen and oxygen atoms in total. The van der Waals surface area contributed by atoms with Crippen LogP contribution in [0.3, 0.4) is 0 Å². The van der Waals surface area contributed by atoms with Crippen LogP contribution in [0.4, 0.5) is 0 Å². The van der Waals surface area contributed by atoms with Gasteiger partial charge in [-0.2, -0.15) is 0 Å². The number of methoxy groups -OCH3 is 2. The van der Waals surface area contributed by atoms with Crippen LogP contribution in [0.5, 0.6) is 17.4 Å². The molecule has 0 aliphatic heterocycles. The van der Waals surface area contributed by atoms with Gasteiger partial charge in [0.2, 0.25) is 5.88 Å². The van der Waals surface area contributed by atoms with Gasteiger partial charge in [0, 0.05) is 25.4 Å². The summed E-state index contributed by atoms with van der Waals surface area (Å²) >= 11 is 0. The number of nitrogens with zero attached hydrogens (tertiary/aromatic N) is 2. The first kappa shape index (κ1) is 21.7. The summed E-state index contributed by atoms with van der Waals surface area (Å²) in [4.78, 5) is 9.04. The molecule has 1 aliphatic rings. The van der Waals surface area contributed by atoms with Crippen LogP contribution in [0.15, 0.2) is 41.5 Å². The van der Waals surface area contributed by atoms with Crippen molar-refractivity contribution in [3.8, 4) is 17.4 Å². The zero-order chi connectivity index (χ0) is 21.2. The van der Waals surface area contributed by atoms with Crippen molar-refractivity contribution in [1.29, 1.82) is 0 Å². The van der Waals surface area contributed by atoms with E-state index in [-0.39, 0.29) is 0 Å². The summed E-state index contributed by atoms with van der Waals surface area (Å²) in [5.74, 6) is 3.68. The number of hydrogen-bond donors (Lipinski definition) is 2. The molecule has 2 N–H and O–H groups in total. The average Bonchev–Trinajstić information content (AvgIpc) is 3.61. The highest BCUT2D eigenvalue weighted by Gasteiger charge is 2.22. The average molecular weight is 413 g/mol. The van der Waals surface area contributed by atoms with Crippen LogP contribution >= 0.6 is 0 Å². The number of aliphatic imine (C=N–C) groups is 1. The minimum atomic E-state index is 0.557. The van der Waals surface area contributed by atoms with Gasteiger partial charge in [-0.15, -0.1) is 0 Å². The number of hydrogen-bond acceptors (Lipinski definition) is 5. The van der Waals surface area contributed by atoms with Gasteiger partial charge in [-0.1, -0.05) is 12.1 Å². The molecule has 162 valence electrons. The molecule has 0 spiro atoms. The van der Waals surface area contributed by atoms with Crippen molar-refractivity contribution in [3.63, 3.8) is 0 Å². The first-order valence-electron chi connectivity index (χ1n) is 10.5. The fourth-order valence-corrected chi connectivity index (χ4v) is 2.95. The van der Waals surface area contributed by atoms with Crippen LogP contribution in [-0.4, -0.2) is 44.9 Å². The van der Waals surface area contributed by atoms with Crippen molar-refractivity contribution in [2.24, 2.45) is 10.9 Å². The number of benzene rings is 1. The minimum Gasteiger partial charge on any atom is -0.493 e. The van der Waals surface area contributed by atoms with E-state index >= 15 is 0 Å². The summed E-state index contributed by atoms with van der Waals surface area (Å²) in [6.45, 7) is 4.95. The van der Waals surface area contributed by atoms with E-state index in [1.165, 1.54) is 18.4 Å². The summed E-state index contributed by atoms with van der Waals surface area (Å²) in [7, 11) is 3.29. The highest BCUT2D eigenvalue weighted by atomic mass is 16.5. The summed E-state index contributed by atoms with van der Waals surface area (Å²) in [5.41, 5.74) is 2.22. The van der Waals surface area contributed by atoms with Crippen LogP contribution < -0.4 is 24.8 Å². The van der Waals surface area contributed by atoms with Gasteiger partial charge in [0.05, 0.1) is 27.4 Å². The maximum atomic E-state index is 5.69. The largest absolute Gasteiger partial charge is 0.493 e. The van der Waals surface area contributed by atoms with Gasteiger partial charge in [0.15, 0.2) is 17.5 Å². The molecule has 1 aliphatic carbocycles. The second-order valence-electron chi connectivity index (χ2n) is 7.32. The number of rotatable bonds is 11. The molecule has 0 unspecified atom stereocenters. The van der Waals surface area contributed by atoms with E-state index in [1.807, 2.05) is 36.5 Å². The van der Waals surface area contributed by atoms with Crippen LogP contribution in [0, 0.1) is 5.92 Å². The summed E-state index contributed by atoms with van der Waals surface area (Å²) in [6, 6.07) is 9.92. The Morgan fingerprint density at radius 1 is 1.07 bits per heavy atom. The molecular weight excluding hydrogens is 380 g/mol. The normalized spacial score (nSPS) is 13.6. The number of aromatic nitrogens is 1. The molecule has 1 aromatic carbocycles. The quantitative estimate of drug-likeness (QED) is 0.436. The third kappa shape index (κ3) is 6.83. The molecule has 0 bridgehead atoms. The van der Waals surface area contributed by atoms with Crippen molar-refractivity contribution in [2.75, 3.05) is 33.9 Å². The predicted octanol–water partition coefficient (Wildman–Crippen LogP) is 3.19. The first-order chi connectivity index (χ1) is 14.7. The minimum absolute atomic E-state index is 0.557. The lowest BCUT2D eigenvalue weighted by Crippen LogP contribution is -2.38. The molecule has 0 radical (unpaired) electrons. The molecule has 0 atom stereocenters. The van der Waals surface area contributed by atoms with Crippen LogP contribution in [0.1, 0.15) is 30.9 Å². The van der Waals surface area contributed by atoms with Crippen LogP contribution in [0.25, 0.3) is 0 Å². The zero-order valence-corrected chi connectivity index (χ0v) is 18.1. The Morgan fingerprint density at radius 2 is 1.87 bits per heavy atom. The Kier molecular flexibility index (Phi) is 8.18. The van der Waals surface area contributed by atoms with E-state index in [9.17, 15) is 0 Å². The van der Waals surface area contributed by atoms with E-state index in [4.69, 9.17) is 14.2 Å². The Labute approximate surface area is 178 Å². The fraction of sp³-hybridized carbons (Fsp3) is 0.478. The maximum Gasteiger partial charge on any atom is 0.213 e. The molecular formula is C23H32N4O3. The van der Waals surface area contributed by atoms with Crippen molar-refractivity contribution < 1.29 is 14.2 Å². The molecule has 0 saturated heterocycles. The Bertz CT molecular complexity index is 820. The second kappa shape index (κ2) is 11.3. The molecule has 1 heterocycles. The topological polar surface area (TPSA) is 77.0 Å². The lowest BCUT2D eigenvalue weighted by Gasteiger charge is -2.13. The predicted molar refractivity (Wildman–Crippen MR) is 119 cm³/mol. The van der Waals surface area contributed by atoms with E-state index in [2.05, 4.69) is 27.5 Å². The Balaban J connectivity index is 1.49. The van der Waals surface area contributed by atoms with Crippen molar-refractivity contribution >= 4 is 5.96 Å². The molecule has 7 heteroatoms. The van der Waals surface area contributed by atoms with Crippen LogP contribution in [-0.2, 0) is 13.0 Å². The number of ether oxygens (including phenoxy) is 3. The van der Waals surface area contributed by atoms with Crippen molar-refractivity contribution in [3.05, 3.63) is 47.7 Å². The monoisotopic (exact) mass is 412 g/mol. The fourth-order valence-electron chi connectivity index (χ4n) is 2.95. The highest BCUT2D eigenvalue weighted by Crippen LogP contribution is 2.29. The van der Waals surface area contributed by atoms with Gasteiger partial charge in [-0.05, 0) is 55.4 Å². The Hall–Kier alpha value is -2.96. The molecule has 30 heavy (non-hydrogen) atoms. The smallest absolute Gasteiger partial charge is 0.213 e. The molecule has 1 saturated carbocycles. The number of guanidine groups is 1. The SMILES string of the molecule is CCNC(=NCc1ccc(OCC2CC2)nc1)NCCc1ccc(OC)c(OC)c1. The number of pyridine rings is 1. The van der Waals surface area contributed by atoms with Crippen molar-refractivity contribution in [2.45, 2.75) is 32.7 Å². The van der Waals surface area contributed by atoms with Gasteiger partial charge in [0.25, 0.3) is 0 Å². The lowest BCUT2D eigenvalue weighted by molar-refractivity contribution is 0.288. The zero-order valence-electron chi connectivity index (χ0n) is 18.1. The molecule has 2 aromatic rings. The second-order valence-corrected chi connectivity index (χ2v) is 7.32.